The minimum absolute atomic E-state index is 0.156. The van der Waals surface area contributed by atoms with Gasteiger partial charge < -0.3 is 0 Å². The quantitative estimate of drug-likeness (QED) is 0.791. The van der Waals surface area contributed by atoms with Crippen molar-refractivity contribution >= 4 is 10.0 Å². The number of halogens is 1. The zero-order valence-corrected chi connectivity index (χ0v) is 7.72. The molecule has 1 aromatic carbocycles. The van der Waals surface area contributed by atoms with Gasteiger partial charge in [-0.3, -0.25) is 0 Å². The Morgan fingerprint density at radius 3 is 2.38 bits per heavy atom. The second-order valence-electron chi connectivity index (χ2n) is 2.40. The summed E-state index contributed by atoms with van der Waals surface area (Å²) < 4.78 is 36.5. The molecular weight excluding hydrogens is 193 g/mol. The molecule has 0 aliphatic carbocycles. The van der Waals surface area contributed by atoms with Crippen LogP contribution in [0, 0.1) is 0 Å². The molecule has 0 radical (unpaired) electrons. The fraction of sp³-hybridized carbons (Fsp3) is 0.250. The van der Waals surface area contributed by atoms with Crippen LogP contribution < -0.4 is 4.72 Å². The van der Waals surface area contributed by atoms with Crippen LogP contribution >= 0.6 is 0 Å². The van der Waals surface area contributed by atoms with Crippen LogP contribution in [0.3, 0.4) is 0 Å². The van der Waals surface area contributed by atoms with E-state index in [1.54, 1.807) is 18.2 Å². The predicted octanol–water partition coefficient (Wildman–Crippen LogP) is 0.934. The first-order valence-electron chi connectivity index (χ1n) is 3.77. The summed E-state index contributed by atoms with van der Waals surface area (Å²) in [5.74, 6) is 0. The van der Waals surface area contributed by atoms with Gasteiger partial charge in [0, 0.05) is 6.54 Å². The second-order valence-corrected chi connectivity index (χ2v) is 4.17. The van der Waals surface area contributed by atoms with E-state index in [0.717, 1.165) is 0 Å². The van der Waals surface area contributed by atoms with Crippen molar-refractivity contribution in [2.24, 2.45) is 0 Å². The van der Waals surface area contributed by atoms with Crippen molar-refractivity contribution in [3.8, 4) is 0 Å². The Hall–Kier alpha value is -0.940. The van der Waals surface area contributed by atoms with Gasteiger partial charge in [0.15, 0.2) is 0 Å². The lowest BCUT2D eigenvalue weighted by molar-refractivity contribution is 0.486. The Balaban J connectivity index is 2.83. The molecule has 0 amide bonds. The van der Waals surface area contributed by atoms with E-state index in [0.29, 0.717) is 0 Å². The van der Waals surface area contributed by atoms with Crippen molar-refractivity contribution in [1.29, 1.82) is 0 Å². The minimum atomic E-state index is -3.51. The maximum atomic E-state index is 11.7. The summed E-state index contributed by atoms with van der Waals surface area (Å²) in [4.78, 5) is 0.156. The Kier molecular flexibility index (Phi) is 3.39. The van der Waals surface area contributed by atoms with E-state index in [9.17, 15) is 12.8 Å². The summed E-state index contributed by atoms with van der Waals surface area (Å²) in [6.45, 7) is -0.886. The molecule has 0 aliphatic heterocycles. The van der Waals surface area contributed by atoms with Gasteiger partial charge in [0.25, 0.3) is 0 Å². The van der Waals surface area contributed by atoms with Crippen molar-refractivity contribution in [3.63, 3.8) is 0 Å². The molecule has 5 heteroatoms. The fourth-order valence-corrected chi connectivity index (χ4v) is 1.88. The number of hydrogen-bond donors (Lipinski definition) is 1. The molecule has 13 heavy (non-hydrogen) atoms. The molecule has 1 N–H and O–H groups in total. The summed E-state index contributed by atoms with van der Waals surface area (Å²) in [6, 6.07) is 7.86. The monoisotopic (exact) mass is 203 g/mol. The summed E-state index contributed by atoms with van der Waals surface area (Å²) in [5.41, 5.74) is 0. The maximum absolute atomic E-state index is 11.7. The molecule has 0 aromatic heterocycles. The molecule has 0 fully saturated rings. The van der Waals surface area contributed by atoms with Crippen LogP contribution in [-0.4, -0.2) is 21.6 Å². The zero-order chi connectivity index (χ0) is 9.73. The van der Waals surface area contributed by atoms with Crippen molar-refractivity contribution in [2.75, 3.05) is 13.2 Å². The van der Waals surface area contributed by atoms with Crippen LogP contribution in [0.5, 0.6) is 0 Å². The summed E-state index contributed by atoms with van der Waals surface area (Å²) in [6.07, 6.45) is 0. The first-order chi connectivity index (χ1) is 6.17. The van der Waals surface area contributed by atoms with Gasteiger partial charge in [0.2, 0.25) is 10.0 Å². The van der Waals surface area contributed by atoms with E-state index in [4.69, 9.17) is 0 Å². The number of benzene rings is 1. The van der Waals surface area contributed by atoms with Crippen LogP contribution in [0.4, 0.5) is 4.39 Å². The van der Waals surface area contributed by atoms with Crippen LogP contribution in [0.15, 0.2) is 35.2 Å². The predicted molar refractivity (Wildman–Crippen MR) is 47.6 cm³/mol. The minimum Gasteiger partial charge on any atom is -0.250 e. The third-order valence-corrected chi connectivity index (χ3v) is 2.92. The molecule has 1 aromatic rings. The van der Waals surface area contributed by atoms with Crippen molar-refractivity contribution in [1.82, 2.24) is 4.72 Å². The normalized spacial score (nSPS) is 11.5. The average Bonchev–Trinajstić information content (AvgIpc) is 2.16. The van der Waals surface area contributed by atoms with Gasteiger partial charge in [-0.2, -0.15) is 0 Å². The molecule has 0 bridgehead atoms. The Morgan fingerprint density at radius 2 is 1.85 bits per heavy atom. The average molecular weight is 203 g/mol. The standard InChI is InChI=1S/C8H10FNO2S/c9-6-7-10-13(11,12)8-4-2-1-3-5-8/h1-5,10H,6-7H2. The third kappa shape index (κ3) is 2.78. The first kappa shape index (κ1) is 10.1. The van der Waals surface area contributed by atoms with E-state index in [2.05, 4.69) is 4.72 Å². The number of rotatable bonds is 4. The third-order valence-electron chi connectivity index (χ3n) is 1.44. The Bertz CT molecular complexity index is 350. The number of nitrogens with one attached hydrogen (secondary N) is 1. The maximum Gasteiger partial charge on any atom is 0.240 e. The van der Waals surface area contributed by atoms with Crippen LogP contribution in [0.1, 0.15) is 0 Å². The van der Waals surface area contributed by atoms with E-state index in [-0.39, 0.29) is 11.4 Å². The van der Waals surface area contributed by atoms with E-state index >= 15 is 0 Å². The Morgan fingerprint density at radius 1 is 1.23 bits per heavy atom. The van der Waals surface area contributed by atoms with Gasteiger partial charge in [-0.1, -0.05) is 18.2 Å². The van der Waals surface area contributed by atoms with E-state index < -0.39 is 16.7 Å². The van der Waals surface area contributed by atoms with Crippen molar-refractivity contribution in [2.45, 2.75) is 4.90 Å². The first-order valence-corrected chi connectivity index (χ1v) is 5.26. The molecule has 0 unspecified atom stereocenters. The molecular formula is C8H10FNO2S. The smallest absolute Gasteiger partial charge is 0.240 e. The van der Waals surface area contributed by atoms with Crippen LogP contribution in [0.2, 0.25) is 0 Å². The molecule has 0 saturated carbocycles. The van der Waals surface area contributed by atoms with Gasteiger partial charge in [0.1, 0.15) is 6.67 Å². The molecule has 0 aliphatic rings. The molecule has 1 rings (SSSR count). The summed E-state index contributed by atoms with van der Waals surface area (Å²) in [7, 11) is -3.51. The summed E-state index contributed by atoms with van der Waals surface area (Å²) >= 11 is 0. The summed E-state index contributed by atoms with van der Waals surface area (Å²) in [5, 5.41) is 0. The van der Waals surface area contributed by atoms with Crippen LogP contribution in [-0.2, 0) is 10.0 Å². The number of hydrogen-bond acceptors (Lipinski definition) is 2. The van der Waals surface area contributed by atoms with Crippen molar-refractivity contribution < 1.29 is 12.8 Å². The van der Waals surface area contributed by atoms with Gasteiger partial charge in [-0.15, -0.1) is 0 Å². The largest absolute Gasteiger partial charge is 0.250 e. The molecule has 0 heterocycles. The van der Waals surface area contributed by atoms with Gasteiger partial charge in [0.05, 0.1) is 4.90 Å². The highest BCUT2D eigenvalue weighted by Crippen LogP contribution is 2.06. The highest BCUT2D eigenvalue weighted by Gasteiger charge is 2.11. The topological polar surface area (TPSA) is 46.2 Å². The number of alkyl halides is 1. The molecule has 0 spiro atoms. The molecule has 3 nitrogen and oxygen atoms in total. The molecule has 72 valence electrons. The lowest BCUT2D eigenvalue weighted by Gasteiger charge is -2.03. The van der Waals surface area contributed by atoms with Crippen molar-refractivity contribution in [3.05, 3.63) is 30.3 Å². The highest BCUT2D eigenvalue weighted by molar-refractivity contribution is 7.89. The zero-order valence-electron chi connectivity index (χ0n) is 6.90. The highest BCUT2D eigenvalue weighted by atomic mass is 32.2. The molecule has 0 saturated heterocycles. The van der Waals surface area contributed by atoms with Crippen LogP contribution in [0.25, 0.3) is 0 Å². The number of sulfonamides is 1. The van der Waals surface area contributed by atoms with Gasteiger partial charge >= 0.3 is 0 Å². The fourth-order valence-electron chi connectivity index (χ4n) is 0.856. The molecule has 0 atom stereocenters. The second kappa shape index (κ2) is 4.34. The lowest BCUT2D eigenvalue weighted by atomic mass is 10.4. The SMILES string of the molecule is O=S(=O)(NCCF)c1ccccc1. The van der Waals surface area contributed by atoms with Gasteiger partial charge in [-0.25, -0.2) is 17.5 Å². The van der Waals surface area contributed by atoms with E-state index in [1.807, 2.05) is 0 Å². The van der Waals surface area contributed by atoms with E-state index in [1.165, 1.54) is 12.1 Å². The Labute approximate surface area is 76.6 Å². The van der Waals surface area contributed by atoms with Gasteiger partial charge in [-0.05, 0) is 12.1 Å². The lowest BCUT2D eigenvalue weighted by Crippen LogP contribution is -2.25.